The highest BCUT2D eigenvalue weighted by molar-refractivity contribution is 7.99. The summed E-state index contributed by atoms with van der Waals surface area (Å²) in [4.78, 5) is 33.7. The van der Waals surface area contributed by atoms with Gasteiger partial charge in [0.1, 0.15) is 6.04 Å². The van der Waals surface area contributed by atoms with E-state index >= 15 is 0 Å². The van der Waals surface area contributed by atoms with Crippen molar-refractivity contribution in [2.24, 2.45) is 0 Å². The second kappa shape index (κ2) is 15.0. The molecule has 0 aromatic carbocycles. The molecule has 7 heteroatoms. The molecule has 158 valence electrons. The van der Waals surface area contributed by atoms with Gasteiger partial charge in [0.05, 0.1) is 7.11 Å². The van der Waals surface area contributed by atoms with Gasteiger partial charge in [-0.25, -0.2) is 9.59 Å². The van der Waals surface area contributed by atoms with Crippen LogP contribution in [0.15, 0.2) is 34.9 Å². The van der Waals surface area contributed by atoms with Gasteiger partial charge in [-0.3, -0.25) is 4.79 Å². The highest BCUT2D eigenvalue weighted by Gasteiger charge is 2.23. The largest absolute Gasteiger partial charge is 0.480 e. The molecular formula is C21H33NO5S. The molecule has 0 rings (SSSR count). The van der Waals surface area contributed by atoms with Crippen molar-refractivity contribution in [3.8, 4) is 0 Å². The number of carbonyl (C=O) groups is 3. The molecule has 0 bridgehead atoms. The quantitative estimate of drug-likeness (QED) is 0.219. The number of carboxylic acid groups (broad SMARTS) is 1. The van der Waals surface area contributed by atoms with E-state index in [9.17, 15) is 14.4 Å². The molecule has 0 aromatic rings. The number of hydrogen-bond donors (Lipinski definition) is 2. The third-order valence-corrected chi connectivity index (χ3v) is 4.90. The van der Waals surface area contributed by atoms with Crippen molar-refractivity contribution in [3.05, 3.63) is 34.9 Å². The number of carboxylic acids is 1. The Morgan fingerprint density at radius 2 is 1.57 bits per heavy atom. The number of esters is 1. The van der Waals surface area contributed by atoms with Crippen molar-refractivity contribution in [1.82, 2.24) is 5.32 Å². The standard InChI is InChI=1S/C21H33NO5S/c1-15(2)8-6-9-16(3)10-7-11-17(4)12-13-28-14-18(20(24)25)22-19(23)21(26)27-5/h8,10,12,18H,6-7,9,11,13-14H2,1-5H3,(H,22,23)(H,24,25)/b16-10+,17-12+. The molecule has 0 aliphatic heterocycles. The van der Waals surface area contributed by atoms with Gasteiger partial charge in [0, 0.05) is 11.5 Å². The van der Waals surface area contributed by atoms with Crippen LogP contribution in [0.2, 0.25) is 0 Å². The van der Waals surface area contributed by atoms with E-state index in [1.54, 1.807) is 0 Å². The van der Waals surface area contributed by atoms with E-state index in [2.05, 4.69) is 56.0 Å². The first-order valence-corrected chi connectivity index (χ1v) is 10.5. The molecular weight excluding hydrogens is 378 g/mol. The van der Waals surface area contributed by atoms with Crippen LogP contribution in [0.4, 0.5) is 0 Å². The second-order valence-electron chi connectivity index (χ2n) is 6.85. The van der Waals surface area contributed by atoms with E-state index in [-0.39, 0.29) is 5.75 Å². The van der Waals surface area contributed by atoms with E-state index in [4.69, 9.17) is 5.11 Å². The van der Waals surface area contributed by atoms with Crippen LogP contribution >= 0.6 is 11.8 Å². The minimum absolute atomic E-state index is 0.172. The Morgan fingerprint density at radius 1 is 1.00 bits per heavy atom. The fourth-order valence-corrected chi connectivity index (χ4v) is 3.21. The van der Waals surface area contributed by atoms with Crippen molar-refractivity contribution < 1.29 is 24.2 Å². The number of carbonyl (C=O) groups excluding carboxylic acids is 2. The summed E-state index contributed by atoms with van der Waals surface area (Å²) in [7, 11) is 1.07. The Hall–Kier alpha value is -2.02. The van der Waals surface area contributed by atoms with Gasteiger partial charge in [0.2, 0.25) is 0 Å². The summed E-state index contributed by atoms with van der Waals surface area (Å²) in [5.74, 6) is -2.51. The molecule has 0 heterocycles. The van der Waals surface area contributed by atoms with Gasteiger partial charge >= 0.3 is 17.8 Å². The van der Waals surface area contributed by atoms with Crippen LogP contribution in [0, 0.1) is 0 Å². The van der Waals surface area contributed by atoms with E-state index < -0.39 is 23.9 Å². The summed E-state index contributed by atoms with van der Waals surface area (Å²) in [6, 6.07) is -1.13. The highest BCUT2D eigenvalue weighted by Crippen LogP contribution is 2.13. The van der Waals surface area contributed by atoms with Crippen molar-refractivity contribution in [2.45, 2.75) is 59.4 Å². The Labute approximate surface area is 172 Å². The van der Waals surface area contributed by atoms with Gasteiger partial charge in [-0.05, 0) is 53.4 Å². The number of rotatable bonds is 12. The van der Waals surface area contributed by atoms with Crippen LogP contribution in [0.1, 0.15) is 53.4 Å². The summed E-state index contributed by atoms with van der Waals surface area (Å²) in [5.41, 5.74) is 3.98. The lowest BCUT2D eigenvalue weighted by Crippen LogP contribution is -2.45. The predicted molar refractivity (Wildman–Crippen MR) is 114 cm³/mol. The first-order valence-electron chi connectivity index (χ1n) is 9.31. The molecule has 0 aliphatic carbocycles. The lowest BCUT2D eigenvalue weighted by atomic mass is 10.1. The average Bonchev–Trinajstić information content (AvgIpc) is 2.62. The van der Waals surface area contributed by atoms with Crippen molar-refractivity contribution in [1.29, 1.82) is 0 Å². The summed E-state index contributed by atoms with van der Waals surface area (Å²) in [6.45, 7) is 8.43. The smallest absolute Gasteiger partial charge is 0.396 e. The molecule has 0 saturated heterocycles. The topological polar surface area (TPSA) is 92.7 Å². The maximum atomic E-state index is 11.4. The molecule has 1 amide bonds. The first kappa shape index (κ1) is 26.0. The zero-order chi connectivity index (χ0) is 21.5. The van der Waals surface area contributed by atoms with Gasteiger partial charge in [-0.1, -0.05) is 34.9 Å². The first-order chi connectivity index (χ1) is 13.2. The van der Waals surface area contributed by atoms with Gasteiger partial charge in [0.25, 0.3) is 0 Å². The Morgan fingerprint density at radius 3 is 2.11 bits per heavy atom. The fraction of sp³-hybridized carbons (Fsp3) is 0.571. The van der Waals surface area contributed by atoms with Gasteiger partial charge in [-0.2, -0.15) is 11.8 Å². The summed E-state index contributed by atoms with van der Waals surface area (Å²) >= 11 is 1.39. The number of thioether (sulfide) groups is 1. The monoisotopic (exact) mass is 411 g/mol. The van der Waals surface area contributed by atoms with Crippen LogP contribution in [-0.2, 0) is 19.1 Å². The second-order valence-corrected chi connectivity index (χ2v) is 7.93. The molecule has 0 radical (unpaired) electrons. The third kappa shape index (κ3) is 13.2. The van der Waals surface area contributed by atoms with Gasteiger partial charge < -0.3 is 15.2 Å². The maximum Gasteiger partial charge on any atom is 0.396 e. The predicted octanol–water partition coefficient (Wildman–Crippen LogP) is 3.88. The maximum absolute atomic E-state index is 11.4. The Balaban J connectivity index is 4.24. The lowest BCUT2D eigenvalue weighted by Gasteiger charge is -2.12. The fourth-order valence-electron chi connectivity index (χ4n) is 2.21. The Kier molecular flexibility index (Phi) is 13.9. The zero-order valence-electron chi connectivity index (χ0n) is 17.5. The zero-order valence-corrected chi connectivity index (χ0v) is 18.4. The van der Waals surface area contributed by atoms with Crippen molar-refractivity contribution >= 4 is 29.6 Å². The highest BCUT2D eigenvalue weighted by atomic mass is 32.2. The molecule has 2 N–H and O–H groups in total. The number of ether oxygens (including phenoxy) is 1. The van der Waals surface area contributed by atoms with Crippen LogP contribution < -0.4 is 5.32 Å². The summed E-state index contributed by atoms with van der Waals surface area (Å²) < 4.78 is 4.27. The molecule has 1 unspecified atom stereocenters. The van der Waals surface area contributed by atoms with E-state index in [0.29, 0.717) is 5.75 Å². The number of hydrogen-bond acceptors (Lipinski definition) is 5. The van der Waals surface area contributed by atoms with Crippen LogP contribution in [0.5, 0.6) is 0 Å². The molecule has 28 heavy (non-hydrogen) atoms. The molecule has 0 fully saturated rings. The minimum Gasteiger partial charge on any atom is -0.480 e. The van der Waals surface area contributed by atoms with Crippen LogP contribution in [0.25, 0.3) is 0 Å². The van der Waals surface area contributed by atoms with Crippen molar-refractivity contribution in [3.63, 3.8) is 0 Å². The van der Waals surface area contributed by atoms with E-state index in [0.717, 1.165) is 32.8 Å². The molecule has 0 saturated carbocycles. The Bertz CT molecular complexity index is 618. The number of nitrogens with one attached hydrogen (secondary N) is 1. The molecule has 6 nitrogen and oxygen atoms in total. The molecule has 0 aromatic heterocycles. The summed E-state index contributed by atoms with van der Waals surface area (Å²) in [6.07, 6.45) is 10.7. The molecule has 1 atom stereocenters. The van der Waals surface area contributed by atoms with Gasteiger partial charge in [-0.15, -0.1) is 0 Å². The molecule has 0 aliphatic rings. The molecule has 0 spiro atoms. The lowest BCUT2D eigenvalue weighted by molar-refractivity contribution is -0.154. The SMILES string of the molecule is COC(=O)C(=O)NC(CSC/C=C(\C)CC/C=C(\C)CCC=C(C)C)C(=O)O. The minimum atomic E-state index is -1.18. The normalized spacial score (nSPS) is 12.9. The number of amides is 1. The number of aliphatic carboxylic acids is 1. The third-order valence-electron chi connectivity index (χ3n) is 3.93. The van der Waals surface area contributed by atoms with Crippen LogP contribution in [-0.4, -0.2) is 47.6 Å². The number of methoxy groups -OCH3 is 1. The van der Waals surface area contributed by atoms with Gasteiger partial charge in [0.15, 0.2) is 0 Å². The average molecular weight is 412 g/mol. The van der Waals surface area contributed by atoms with E-state index in [1.165, 1.54) is 28.5 Å². The van der Waals surface area contributed by atoms with E-state index in [1.807, 2.05) is 0 Å². The summed E-state index contributed by atoms with van der Waals surface area (Å²) in [5, 5.41) is 11.3. The number of allylic oxidation sites excluding steroid dienone is 5. The van der Waals surface area contributed by atoms with Crippen molar-refractivity contribution in [2.75, 3.05) is 18.6 Å². The van der Waals surface area contributed by atoms with Crippen LogP contribution in [0.3, 0.4) is 0 Å².